The molecular weight excluding hydrogens is 480 g/mol. The van der Waals surface area contributed by atoms with Crippen molar-refractivity contribution >= 4 is 34.8 Å². The molecule has 3 amide bonds. The van der Waals surface area contributed by atoms with Crippen LogP contribution in [0.2, 0.25) is 0 Å². The van der Waals surface area contributed by atoms with Gasteiger partial charge in [0.05, 0.1) is 35.7 Å². The van der Waals surface area contributed by atoms with Gasteiger partial charge in [-0.05, 0) is 19.4 Å². The zero-order valence-electron chi connectivity index (χ0n) is 20.8. The summed E-state index contributed by atoms with van der Waals surface area (Å²) < 4.78 is 5.83. The van der Waals surface area contributed by atoms with Gasteiger partial charge in [-0.3, -0.25) is 14.4 Å². The normalized spacial score (nSPS) is 20.7. The van der Waals surface area contributed by atoms with Crippen molar-refractivity contribution in [2.75, 3.05) is 26.7 Å². The van der Waals surface area contributed by atoms with Crippen molar-refractivity contribution in [1.29, 1.82) is 0 Å². The number of nitrogens with two attached hydrogens (primary N) is 1. The Morgan fingerprint density at radius 1 is 1.31 bits per heavy atom. The van der Waals surface area contributed by atoms with Crippen LogP contribution in [0, 0.1) is 5.41 Å². The highest BCUT2D eigenvalue weighted by Crippen LogP contribution is 2.38. The van der Waals surface area contributed by atoms with Crippen molar-refractivity contribution in [2.24, 2.45) is 16.3 Å². The van der Waals surface area contributed by atoms with E-state index in [9.17, 15) is 14.4 Å². The first-order valence-corrected chi connectivity index (χ1v) is 12.8. The van der Waals surface area contributed by atoms with Gasteiger partial charge in [-0.15, -0.1) is 11.3 Å². The number of thiazole rings is 1. The highest BCUT2D eigenvalue weighted by Gasteiger charge is 2.54. The number of fused-ring (bicyclic) bond motifs is 1. The minimum absolute atomic E-state index is 0.0278. The number of ether oxygens (including phenoxy) is 1. The largest absolute Gasteiger partial charge is 0.374 e. The number of benzene rings is 1. The van der Waals surface area contributed by atoms with Crippen LogP contribution in [0.5, 0.6) is 0 Å². The van der Waals surface area contributed by atoms with E-state index in [1.807, 2.05) is 35.7 Å². The van der Waals surface area contributed by atoms with Gasteiger partial charge in [0, 0.05) is 38.4 Å². The van der Waals surface area contributed by atoms with Gasteiger partial charge in [-0.1, -0.05) is 30.3 Å². The van der Waals surface area contributed by atoms with Crippen LogP contribution in [0.25, 0.3) is 0 Å². The van der Waals surface area contributed by atoms with E-state index in [0.29, 0.717) is 26.0 Å². The molecule has 1 fully saturated rings. The molecule has 0 saturated carbocycles. The van der Waals surface area contributed by atoms with Gasteiger partial charge >= 0.3 is 0 Å². The van der Waals surface area contributed by atoms with E-state index in [1.54, 1.807) is 31.3 Å². The third-order valence-electron chi connectivity index (χ3n) is 6.47. The maximum atomic E-state index is 13.7. The number of rotatable bonds is 9. The number of hydrogen-bond acceptors (Lipinski definition) is 8. The molecular formula is C25H32N6O4S. The number of carbonyl (C=O) groups excluding carboxylic acids is 3. The van der Waals surface area contributed by atoms with Crippen LogP contribution in [0.1, 0.15) is 31.5 Å². The summed E-state index contributed by atoms with van der Waals surface area (Å²) in [6.45, 7) is 3.96. The summed E-state index contributed by atoms with van der Waals surface area (Å²) in [5.41, 5.74) is 8.06. The number of likely N-dealkylation sites (tertiary alicyclic amines) is 1. The Morgan fingerprint density at radius 3 is 2.72 bits per heavy atom. The third kappa shape index (κ3) is 5.48. The zero-order valence-corrected chi connectivity index (χ0v) is 21.6. The van der Waals surface area contributed by atoms with Crippen molar-refractivity contribution in [3.8, 4) is 0 Å². The second kappa shape index (κ2) is 10.5. The predicted molar refractivity (Wildman–Crippen MR) is 136 cm³/mol. The van der Waals surface area contributed by atoms with Gasteiger partial charge in [-0.2, -0.15) is 5.10 Å². The minimum Gasteiger partial charge on any atom is -0.374 e. The number of nitrogens with one attached hydrogen (secondary N) is 1. The average molecular weight is 513 g/mol. The monoisotopic (exact) mass is 512 g/mol. The molecule has 192 valence electrons. The quantitative estimate of drug-likeness (QED) is 0.519. The van der Waals surface area contributed by atoms with Gasteiger partial charge in [0.1, 0.15) is 11.5 Å². The van der Waals surface area contributed by atoms with Crippen molar-refractivity contribution in [1.82, 2.24) is 20.2 Å². The third-order valence-corrected chi connectivity index (χ3v) is 7.10. The predicted octanol–water partition coefficient (Wildman–Crippen LogP) is 1.17. The van der Waals surface area contributed by atoms with E-state index in [1.165, 1.54) is 16.3 Å². The standard InChI is InChI=1S/C25H32N6O4S/c1-24(2,26)22(33)28-19(13-35-12-17-7-5-4-6-8-17)21(32)31-10-9-20-25(15-31,23(34)30(3)29-20)11-18-14-36-16-27-18/h4-8,14,16,19H,9-13,15,26H2,1-3H3,(H,28,33)/t19-,25+/m1/s1. The highest BCUT2D eigenvalue weighted by atomic mass is 32.1. The van der Waals surface area contributed by atoms with Crippen LogP contribution in [0.3, 0.4) is 0 Å². The molecule has 1 aromatic heterocycles. The Bertz CT molecular complexity index is 1130. The SMILES string of the molecule is CN1N=C2CCN(C(=O)[C@@H](COCc3ccccc3)NC(=O)C(C)(C)N)C[C@]2(Cc2cscn2)C1=O. The minimum atomic E-state index is -1.17. The number of carbonyl (C=O) groups is 3. The summed E-state index contributed by atoms with van der Waals surface area (Å²) in [4.78, 5) is 45.7. The molecule has 0 spiro atoms. The lowest BCUT2D eigenvalue weighted by Crippen LogP contribution is -2.61. The maximum absolute atomic E-state index is 13.7. The molecule has 4 rings (SSSR count). The topological polar surface area (TPSA) is 130 Å². The first-order chi connectivity index (χ1) is 17.1. The number of amides is 3. The van der Waals surface area contributed by atoms with Gasteiger partial charge < -0.3 is 20.7 Å². The molecule has 3 heterocycles. The van der Waals surface area contributed by atoms with Gasteiger partial charge in [0.15, 0.2) is 0 Å². The first-order valence-electron chi connectivity index (χ1n) is 11.8. The Kier molecular flexibility index (Phi) is 7.53. The molecule has 0 unspecified atom stereocenters. The molecule has 36 heavy (non-hydrogen) atoms. The van der Waals surface area contributed by atoms with E-state index < -0.39 is 22.9 Å². The van der Waals surface area contributed by atoms with Crippen LogP contribution in [0.4, 0.5) is 0 Å². The molecule has 11 heteroatoms. The van der Waals surface area contributed by atoms with Crippen LogP contribution >= 0.6 is 11.3 Å². The Hall–Kier alpha value is -3.15. The van der Waals surface area contributed by atoms with Crippen molar-refractivity contribution < 1.29 is 19.1 Å². The van der Waals surface area contributed by atoms with Gasteiger partial charge in [0.25, 0.3) is 5.91 Å². The molecule has 3 N–H and O–H groups in total. The van der Waals surface area contributed by atoms with E-state index in [2.05, 4.69) is 15.4 Å². The zero-order chi connectivity index (χ0) is 25.9. The lowest BCUT2D eigenvalue weighted by Gasteiger charge is -2.40. The number of piperidine rings is 1. The summed E-state index contributed by atoms with van der Waals surface area (Å²) in [7, 11) is 1.63. The van der Waals surface area contributed by atoms with Crippen molar-refractivity contribution in [3.05, 3.63) is 52.5 Å². The van der Waals surface area contributed by atoms with E-state index >= 15 is 0 Å². The molecule has 2 atom stereocenters. The second-order valence-electron chi connectivity index (χ2n) is 9.87. The molecule has 2 aliphatic rings. The molecule has 2 aromatic rings. The summed E-state index contributed by atoms with van der Waals surface area (Å²) in [6.07, 6.45) is 0.819. The molecule has 0 aliphatic carbocycles. The van der Waals surface area contributed by atoms with Gasteiger partial charge in [-0.25, -0.2) is 9.99 Å². The van der Waals surface area contributed by atoms with Crippen LogP contribution in [-0.4, -0.2) is 76.7 Å². The van der Waals surface area contributed by atoms with Crippen LogP contribution < -0.4 is 11.1 Å². The lowest BCUT2D eigenvalue weighted by atomic mass is 9.74. The van der Waals surface area contributed by atoms with Crippen molar-refractivity contribution in [2.45, 2.75) is 44.9 Å². The van der Waals surface area contributed by atoms with Crippen LogP contribution in [-0.2, 0) is 32.1 Å². The van der Waals surface area contributed by atoms with Gasteiger partial charge in [0.2, 0.25) is 11.8 Å². The summed E-state index contributed by atoms with van der Waals surface area (Å²) in [6, 6.07) is 8.63. The fourth-order valence-corrected chi connectivity index (χ4v) is 5.07. The molecule has 1 aromatic carbocycles. The molecule has 0 bridgehead atoms. The van der Waals surface area contributed by atoms with E-state index in [4.69, 9.17) is 10.5 Å². The Morgan fingerprint density at radius 2 is 2.06 bits per heavy atom. The number of hydrogen-bond donors (Lipinski definition) is 2. The number of hydrazone groups is 1. The van der Waals surface area contributed by atoms with E-state index in [-0.39, 0.29) is 25.0 Å². The molecule has 2 aliphatic heterocycles. The summed E-state index contributed by atoms with van der Waals surface area (Å²) in [5, 5.41) is 10.5. The first kappa shape index (κ1) is 25.9. The number of nitrogens with zero attached hydrogens (tertiary/aromatic N) is 4. The highest BCUT2D eigenvalue weighted by molar-refractivity contribution is 7.07. The van der Waals surface area contributed by atoms with Crippen LogP contribution in [0.15, 0.2) is 46.3 Å². The van der Waals surface area contributed by atoms with E-state index in [0.717, 1.165) is 17.0 Å². The Labute approximate surface area is 214 Å². The molecule has 1 saturated heterocycles. The summed E-state index contributed by atoms with van der Waals surface area (Å²) in [5.74, 6) is -0.941. The molecule has 0 radical (unpaired) electrons. The summed E-state index contributed by atoms with van der Waals surface area (Å²) >= 11 is 1.46. The fraction of sp³-hybridized carbons (Fsp3) is 0.480. The smallest absolute Gasteiger partial charge is 0.256 e. The maximum Gasteiger partial charge on any atom is 0.256 e. The molecule has 10 nitrogen and oxygen atoms in total. The second-order valence-corrected chi connectivity index (χ2v) is 10.6. The number of aromatic nitrogens is 1. The Balaban J connectivity index is 1.53. The average Bonchev–Trinajstić information content (AvgIpc) is 3.44. The fourth-order valence-electron chi connectivity index (χ4n) is 4.51. The lowest BCUT2D eigenvalue weighted by molar-refractivity contribution is -0.143. The van der Waals surface area contributed by atoms with Crippen molar-refractivity contribution in [3.63, 3.8) is 0 Å².